The van der Waals surface area contributed by atoms with Crippen molar-refractivity contribution in [2.75, 3.05) is 59.5 Å². The van der Waals surface area contributed by atoms with E-state index in [9.17, 15) is 9.59 Å². The average molecular weight is 429 g/mol. The highest BCUT2D eigenvalue weighted by Gasteiger charge is 2.53. The molecule has 0 unspecified atom stereocenters. The molecule has 1 aromatic carbocycles. The average Bonchev–Trinajstić information content (AvgIpc) is 3.36. The molecule has 0 radical (unpaired) electrons. The van der Waals surface area contributed by atoms with Crippen molar-refractivity contribution in [1.29, 1.82) is 0 Å². The van der Waals surface area contributed by atoms with Crippen molar-refractivity contribution in [2.45, 2.75) is 44.1 Å². The van der Waals surface area contributed by atoms with Crippen LogP contribution in [0.2, 0.25) is 0 Å². The van der Waals surface area contributed by atoms with Gasteiger partial charge in [0.1, 0.15) is 5.75 Å². The summed E-state index contributed by atoms with van der Waals surface area (Å²) in [6.07, 6.45) is 3.09. The Balaban J connectivity index is 1.39. The molecule has 0 aliphatic carbocycles. The number of benzene rings is 1. The van der Waals surface area contributed by atoms with Crippen LogP contribution in [0.25, 0.3) is 0 Å². The number of nitrogens with one attached hydrogen (secondary N) is 1. The summed E-state index contributed by atoms with van der Waals surface area (Å²) in [5, 5.41) is 3.21. The molecule has 3 aliphatic rings. The quantitative estimate of drug-likeness (QED) is 0.636. The Morgan fingerprint density at radius 1 is 1.23 bits per heavy atom. The zero-order chi connectivity index (χ0) is 21.8. The molecule has 2 atom stereocenters. The van der Waals surface area contributed by atoms with Crippen LogP contribution in [-0.2, 0) is 15.0 Å². The molecule has 170 valence electrons. The predicted octanol–water partition coefficient (Wildman–Crippen LogP) is 1.47. The number of methoxy groups -OCH3 is 1. The first-order chi connectivity index (χ1) is 15.1. The molecule has 31 heavy (non-hydrogen) atoms. The maximum absolute atomic E-state index is 13.5. The smallest absolute Gasteiger partial charge is 0.232 e. The van der Waals surface area contributed by atoms with E-state index in [2.05, 4.69) is 22.0 Å². The Bertz CT molecular complexity index is 793. The van der Waals surface area contributed by atoms with Crippen molar-refractivity contribution >= 4 is 11.8 Å². The molecule has 3 heterocycles. The fourth-order valence-corrected chi connectivity index (χ4v) is 5.41. The molecule has 2 amide bonds. The van der Waals surface area contributed by atoms with Crippen LogP contribution in [0.5, 0.6) is 5.75 Å². The fourth-order valence-electron chi connectivity index (χ4n) is 5.41. The summed E-state index contributed by atoms with van der Waals surface area (Å²) in [5.74, 6) is 0.960. The number of carbonyl (C=O) groups is 2. The highest BCUT2D eigenvalue weighted by atomic mass is 16.5. The van der Waals surface area contributed by atoms with E-state index < -0.39 is 5.41 Å². The molecule has 0 spiro atoms. The topological polar surface area (TPSA) is 65.1 Å². The zero-order valence-corrected chi connectivity index (χ0v) is 18.9. The number of piperazine rings is 1. The third kappa shape index (κ3) is 4.58. The molecule has 7 heteroatoms. The number of rotatable bonds is 8. The molecule has 3 fully saturated rings. The van der Waals surface area contributed by atoms with Gasteiger partial charge in [-0.15, -0.1) is 0 Å². The lowest BCUT2D eigenvalue weighted by atomic mass is 9.76. The molecule has 0 saturated carbocycles. The van der Waals surface area contributed by atoms with Crippen LogP contribution in [0.15, 0.2) is 24.3 Å². The van der Waals surface area contributed by atoms with Gasteiger partial charge in [-0.3, -0.25) is 9.59 Å². The number of fused-ring (bicyclic) bond motifs is 1. The Morgan fingerprint density at radius 2 is 2.00 bits per heavy atom. The van der Waals surface area contributed by atoms with Crippen LogP contribution in [0, 0.1) is 0 Å². The summed E-state index contributed by atoms with van der Waals surface area (Å²) < 4.78 is 5.41. The van der Waals surface area contributed by atoms with E-state index in [4.69, 9.17) is 4.74 Å². The molecular weight excluding hydrogens is 392 g/mol. The SMILES string of the molecule is CCN1CCN(CCCNC(=O)[C@@]2(c3cccc(OC)c3)C[C@@H]3CCC(=O)N3C2)CC1. The van der Waals surface area contributed by atoms with Gasteiger partial charge in [0.25, 0.3) is 0 Å². The number of amides is 2. The first kappa shape index (κ1) is 22.1. The van der Waals surface area contributed by atoms with E-state index in [0.29, 0.717) is 25.9 Å². The number of ether oxygens (including phenoxy) is 1. The molecule has 0 aromatic heterocycles. The minimum Gasteiger partial charge on any atom is -0.497 e. The van der Waals surface area contributed by atoms with E-state index in [1.54, 1.807) is 7.11 Å². The van der Waals surface area contributed by atoms with Gasteiger partial charge in [-0.25, -0.2) is 0 Å². The summed E-state index contributed by atoms with van der Waals surface area (Å²) in [6.45, 7) is 9.95. The van der Waals surface area contributed by atoms with Gasteiger partial charge in [-0.2, -0.15) is 0 Å². The summed E-state index contributed by atoms with van der Waals surface area (Å²) in [6, 6.07) is 7.96. The number of hydrogen-bond donors (Lipinski definition) is 1. The molecule has 4 rings (SSSR count). The van der Waals surface area contributed by atoms with Crippen molar-refractivity contribution < 1.29 is 14.3 Å². The Hall–Kier alpha value is -2.12. The highest BCUT2D eigenvalue weighted by Crippen LogP contribution is 2.43. The largest absolute Gasteiger partial charge is 0.497 e. The minimum absolute atomic E-state index is 0.0405. The van der Waals surface area contributed by atoms with Crippen molar-refractivity contribution in [2.24, 2.45) is 0 Å². The van der Waals surface area contributed by atoms with Gasteiger partial charge in [-0.05, 0) is 50.0 Å². The van der Waals surface area contributed by atoms with Gasteiger partial charge in [-0.1, -0.05) is 19.1 Å². The molecule has 0 bridgehead atoms. The highest BCUT2D eigenvalue weighted by molar-refractivity contribution is 5.91. The molecule has 3 saturated heterocycles. The van der Waals surface area contributed by atoms with Gasteiger partial charge < -0.3 is 24.8 Å². The van der Waals surface area contributed by atoms with Crippen molar-refractivity contribution in [3.63, 3.8) is 0 Å². The lowest BCUT2D eigenvalue weighted by Gasteiger charge is -2.34. The van der Waals surface area contributed by atoms with Crippen molar-refractivity contribution in [3.8, 4) is 5.75 Å². The number of carbonyl (C=O) groups excluding carboxylic acids is 2. The molecule has 7 nitrogen and oxygen atoms in total. The second-order valence-corrected chi connectivity index (χ2v) is 9.12. The number of likely N-dealkylation sites (N-methyl/N-ethyl adjacent to an activating group) is 1. The Kier molecular flexibility index (Phi) is 6.82. The predicted molar refractivity (Wildman–Crippen MR) is 120 cm³/mol. The first-order valence-corrected chi connectivity index (χ1v) is 11.7. The third-order valence-electron chi connectivity index (χ3n) is 7.38. The van der Waals surface area contributed by atoms with E-state index in [-0.39, 0.29) is 17.9 Å². The second kappa shape index (κ2) is 9.57. The molecule has 1 aromatic rings. The van der Waals surface area contributed by atoms with Crippen molar-refractivity contribution in [3.05, 3.63) is 29.8 Å². The molecule has 3 aliphatic heterocycles. The van der Waals surface area contributed by atoms with Gasteiger partial charge in [0.05, 0.1) is 12.5 Å². The monoisotopic (exact) mass is 428 g/mol. The van der Waals surface area contributed by atoms with Gasteiger partial charge in [0, 0.05) is 51.7 Å². The second-order valence-electron chi connectivity index (χ2n) is 9.12. The van der Waals surface area contributed by atoms with Crippen LogP contribution in [-0.4, -0.2) is 92.0 Å². The van der Waals surface area contributed by atoms with Crippen LogP contribution >= 0.6 is 0 Å². The van der Waals surface area contributed by atoms with Crippen LogP contribution in [0.1, 0.15) is 38.2 Å². The number of hydrogen-bond acceptors (Lipinski definition) is 5. The van der Waals surface area contributed by atoms with Crippen LogP contribution in [0.4, 0.5) is 0 Å². The lowest BCUT2D eigenvalue weighted by molar-refractivity contribution is -0.129. The van der Waals surface area contributed by atoms with Gasteiger partial charge in [0.2, 0.25) is 11.8 Å². The summed E-state index contributed by atoms with van der Waals surface area (Å²) >= 11 is 0. The van der Waals surface area contributed by atoms with E-state index >= 15 is 0 Å². The summed E-state index contributed by atoms with van der Waals surface area (Å²) in [7, 11) is 1.64. The maximum Gasteiger partial charge on any atom is 0.232 e. The van der Waals surface area contributed by atoms with Crippen LogP contribution in [0.3, 0.4) is 0 Å². The normalized spacial score (nSPS) is 26.8. The third-order valence-corrected chi connectivity index (χ3v) is 7.38. The van der Waals surface area contributed by atoms with Gasteiger partial charge >= 0.3 is 0 Å². The van der Waals surface area contributed by atoms with E-state index in [1.807, 2.05) is 29.2 Å². The first-order valence-electron chi connectivity index (χ1n) is 11.7. The fraction of sp³-hybridized carbons (Fsp3) is 0.667. The Labute approximate surface area is 185 Å². The van der Waals surface area contributed by atoms with E-state index in [0.717, 1.165) is 63.4 Å². The van der Waals surface area contributed by atoms with E-state index in [1.165, 1.54) is 0 Å². The lowest BCUT2D eigenvalue weighted by Crippen LogP contribution is -2.48. The Morgan fingerprint density at radius 3 is 2.71 bits per heavy atom. The van der Waals surface area contributed by atoms with Crippen molar-refractivity contribution in [1.82, 2.24) is 20.0 Å². The molecular formula is C24H36N4O3. The summed E-state index contributed by atoms with van der Waals surface area (Å²) in [4.78, 5) is 32.8. The van der Waals surface area contributed by atoms with Crippen LogP contribution < -0.4 is 10.1 Å². The minimum atomic E-state index is -0.692. The number of nitrogens with zero attached hydrogens (tertiary/aromatic N) is 3. The molecule has 1 N–H and O–H groups in total. The standard InChI is InChI=1S/C24H36N4O3/c1-3-26-12-14-27(15-13-26)11-5-10-25-23(30)24(19-6-4-7-21(16-19)31-2)17-20-8-9-22(29)28(20)18-24/h4,6-7,16,20H,3,5,8-15,17-18H2,1-2H3,(H,25,30)/t20-,24-/m0/s1. The maximum atomic E-state index is 13.5. The zero-order valence-electron chi connectivity index (χ0n) is 18.9. The summed E-state index contributed by atoms with van der Waals surface area (Å²) in [5.41, 5.74) is 0.254. The van der Waals surface area contributed by atoms with Gasteiger partial charge in [0.15, 0.2) is 0 Å².